The number of hydrogen-bond donors (Lipinski definition) is 1. The van der Waals surface area contributed by atoms with Gasteiger partial charge in [0, 0.05) is 23.7 Å². The van der Waals surface area contributed by atoms with E-state index in [9.17, 15) is 13.6 Å². The Bertz CT molecular complexity index is 656. The smallest absolute Gasteiger partial charge is 0.169 e. The third-order valence-electron chi connectivity index (χ3n) is 2.94. The van der Waals surface area contributed by atoms with Crippen LogP contribution in [-0.2, 0) is 6.42 Å². The van der Waals surface area contributed by atoms with Gasteiger partial charge in [-0.15, -0.1) is 0 Å². The van der Waals surface area contributed by atoms with Gasteiger partial charge in [0.05, 0.1) is 7.11 Å². The minimum Gasteiger partial charge on any atom is -0.497 e. The monoisotopic (exact) mass is 277 g/mol. The molecule has 0 heterocycles. The molecule has 0 aliphatic carbocycles. The van der Waals surface area contributed by atoms with Crippen molar-refractivity contribution in [2.75, 3.05) is 12.8 Å². The lowest BCUT2D eigenvalue weighted by Gasteiger charge is -2.08. The summed E-state index contributed by atoms with van der Waals surface area (Å²) in [6.07, 6.45) is -0.250. The fraction of sp³-hybridized carbons (Fsp3) is 0.133. The first-order chi connectivity index (χ1) is 9.52. The van der Waals surface area contributed by atoms with E-state index in [2.05, 4.69) is 0 Å². The van der Waals surface area contributed by atoms with Gasteiger partial charge in [-0.05, 0) is 23.8 Å². The van der Waals surface area contributed by atoms with Crippen molar-refractivity contribution in [3.8, 4) is 5.75 Å². The second-order valence-electron chi connectivity index (χ2n) is 4.27. The van der Waals surface area contributed by atoms with Crippen LogP contribution in [0.3, 0.4) is 0 Å². The minimum atomic E-state index is -1.01. The van der Waals surface area contributed by atoms with Gasteiger partial charge >= 0.3 is 0 Å². The van der Waals surface area contributed by atoms with Crippen molar-refractivity contribution < 1.29 is 18.3 Å². The maximum absolute atomic E-state index is 13.5. The van der Waals surface area contributed by atoms with Crippen LogP contribution in [0.25, 0.3) is 0 Å². The lowest BCUT2D eigenvalue weighted by atomic mass is 10.0. The molecule has 0 aliphatic rings. The maximum atomic E-state index is 13.5. The molecule has 0 saturated carbocycles. The Morgan fingerprint density at radius 1 is 1.25 bits per heavy atom. The van der Waals surface area contributed by atoms with Crippen molar-refractivity contribution in [3.05, 3.63) is 59.2 Å². The number of Topliss-reactive ketones (excluding diaryl/α,β-unsaturated/α-hetero) is 1. The van der Waals surface area contributed by atoms with Crippen molar-refractivity contribution in [3.63, 3.8) is 0 Å². The first-order valence-corrected chi connectivity index (χ1v) is 5.92. The molecule has 2 rings (SSSR count). The van der Waals surface area contributed by atoms with Crippen LogP contribution in [0.15, 0.2) is 36.4 Å². The molecule has 0 unspecified atom stereocenters. The molecule has 0 aromatic heterocycles. The van der Waals surface area contributed by atoms with Gasteiger partial charge in [0.1, 0.15) is 5.75 Å². The SMILES string of the molecule is COc1ccc(C(=O)Cc2cccc(F)c2F)c(N)c1. The number of ketones is 1. The number of nitrogens with two attached hydrogens (primary N) is 1. The van der Waals surface area contributed by atoms with Crippen molar-refractivity contribution in [1.82, 2.24) is 0 Å². The molecule has 0 fully saturated rings. The summed E-state index contributed by atoms with van der Waals surface area (Å²) in [7, 11) is 1.48. The highest BCUT2D eigenvalue weighted by Gasteiger charge is 2.15. The topological polar surface area (TPSA) is 52.3 Å². The summed E-state index contributed by atoms with van der Waals surface area (Å²) in [4.78, 5) is 12.1. The molecular weight excluding hydrogens is 264 g/mol. The van der Waals surface area contributed by atoms with Gasteiger partial charge in [-0.2, -0.15) is 0 Å². The van der Waals surface area contributed by atoms with Crippen LogP contribution in [0.5, 0.6) is 5.75 Å². The van der Waals surface area contributed by atoms with Gasteiger partial charge in [0.2, 0.25) is 0 Å². The molecule has 0 radical (unpaired) electrons. The Hall–Kier alpha value is -2.43. The number of halogens is 2. The van der Waals surface area contributed by atoms with Gasteiger partial charge in [-0.25, -0.2) is 8.78 Å². The molecule has 0 bridgehead atoms. The molecule has 0 spiro atoms. The third kappa shape index (κ3) is 2.77. The second-order valence-corrected chi connectivity index (χ2v) is 4.27. The zero-order valence-corrected chi connectivity index (χ0v) is 10.8. The summed E-state index contributed by atoms with van der Waals surface area (Å²) in [5.74, 6) is -1.84. The fourth-order valence-corrected chi connectivity index (χ4v) is 1.87. The number of rotatable bonds is 4. The highest BCUT2D eigenvalue weighted by molar-refractivity contribution is 6.02. The number of nitrogen functional groups attached to an aromatic ring is 1. The number of carbonyl (C=O) groups excluding carboxylic acids is 1. The van der Waals surface area contributed by atoms with E-state index in [1.54, 1.807) is 6.07 Å². The summed E-state index contributed by atoms with van der Waals surface area (Å²) in [5, 5.41) is 0. The second kappa shape index (κ2) is 5.69. The number of methoxy groups -OCH3 is 1. The molecule has 0 aliphatic heterocycles. The van der Waals surface area contributed by atoms with Crippen LogP contribution in [0.1, 0.15) is 15.9 Å². The first-order valence-electron chi connectivity index (χ1n) is 5.92. The van der Waals surface area contributed by atoms with Gasteiger partial charge < -0.3 is 10.5 Å². The van der Waals surface area contributed by atoms with Crippen LogP contribution in [0, 0.1) is 11.6 Å². The minimum absolute atomic E-state index is 0.00483. The van der Waals surface area contributed by atoms with Gasteiger partial charge in [-0.3, -0.25) is 4.79 Å². The Morgan fingerprint density at radius 3 is 2.65 bits per heavy atom. The summed E-state index contributed by atoms with van der Waals surface area (Å²) < 4.78 is 31.6. The van der Waals surface area contributed by atoms with Crippen molar-refractivity contribution >= 4 is 11.5 Å². The number of anilines is 1. The molecule has 2 N–H and O–H groups in total. The Morgan fingerprint density at radius 2 is 2.00 bits per heavy atom. The van der Waals surface area contributed by atoms with E-state index >= 15 is 0 Å². The summed E-state index contributed by atoms with van der Waals surface area (Å²) >= 11 is 0. The lowest BCUT2D eigenvalue weighted by Crippen LogP contribution is -2.09. The van der Waals surface area contributed by atoms with Crippen LogP contribution in [0.4, 0.5) is 14.5 Å². The summed E-state index contributed by atoms with van der Waals surface area (Å²) in [6, 6.07) is 8.34. The number of hydrogen-bond acceptors (Lipinski definition) is 3. The largest absolute Gasteiger partial charge is 0.497 e. The molecule has 0 saturated heterocycles. The van der Waals surface area contributed by atoms with Gasteiger partial charge in [-0.1, -0.05) is 12.1 Å². The highest BCUT2D eigenvalue weighted by Crippen LogP contribution is 2.22. The normalized spacial score (nSPS) is 10.3. The third-order valence-corrected chi connectivity index (χ3v) is 2.94. The maximum Gasteiger partial charge on any atom is 0.169 e. The van der Waals surface area contributed by atoms with Crippen LogP contribution in [-0.4, -0.2) is 12.9 Å². The zero-order chi connectivity index (χ0) is 14.7. The molecule has 2 aromatic carbocycles. The van der Waals surface area contributed by atoms with E-state index in [-0.39, 0.29) is 29.0 Å². The van der Waals surface area contributed by atoms with Gasteiger partial charge in [0.25, 0.3) is 0 Å². The average Bonchev–Trinajstić information content (AvgIpc) is 2.43. The number of benzene rings is 2. The Labute approximate surface area is 115 Å². The molecule has 20 heavy (non-hydrogen) atoms. The molecular formula is C15H13F2NO2. The molecule has 0 amide bonds. The Balaban J connectivity index is 2.26. The number of ether oxygens (including phenoxy) is 1. The fourth-order valence-electron chi connectivity index (χ4n) is 1.87. The van der Waals surface area contributed by atoms with E-state index in [4.69, 9.17) is 10.5 Å². The highest BCUT2D eigenvalue weighted by atomic mass is 19.2. The van der Waals surface area contributed by atoms with E-state index in [0.717, 1.165) is 6.07 Å². The standard InChI is InChI=1S/C15H13F2NO2/c1-20-10-5-6-11(13(18)8-10)14(19)7-9-3-2-4-12(16)15(9)17/h2-6,8H,7,18H2,1H3. The van der Waals surface area contributed by atoms with Crippen molar-refractivity contribution in [1.29, 1.82) is 0 Å². The Kier molecular flexibility index (Phi) is 3.98. The van der Waals surface area contributed by atoms with Crippen LogP contribution < -0.4 is 10.5 Å². The van der Waals surface area contributed by atoms with Crippen LogP contribution >= 0.6 is 0 Å². The van der Waals surface area contributed by atoms with E-state index in [1.165, 1.54) is 31.4 Å². The average molecular weight is 277 g/mol. The van der Waals surface area contributed by atoms with Crippen LogP contribution in [0.2, 0.25) is 0 Å². The first kappa shape index (κ1) is 14.0. The molecule has 5 heteroatoms. The molecule has 3 nitrogen and oxygen atoms in total. The molecule has 0 atom stereocenters. The summed E-state index contributed by atoms with van der Waals surface area (Å²) in [6.45, 7) is 0. The van der Waals surface area contributed by atoms with Crippen molar-refractivity contribution in [2.24, 2.45) is 0 Å². The van der Waals surface area contributed by atoms with Gasteiger partial charge in [0.15, 0.2) is 17.4 Å². The predicted molar refractivity (Wildman–Crippen MR) is 71.8 cm³/mol. The van der Waals surface area contributed by atoms with Crippen molar-refractivity contribution in [2.45, 2.75) is 6.42 Å². The molecule has 2 aromatic rings. The van der Waals surface area contributed by atoms with E-state index < -0.39 is 11.6 Å². The molecule has 104 valence electrons. The predicted octanol–water partition coefficient (Wildman–Crippen LogP) is 2.98. The lowest BCUT2D eigenvalue weighted by molar-refractivity contribution is 0.0992. The quantitative estimate of drug-likeness (QED) is 0.690. The van der Waals surface area contributed by atoms with E-state index in [1.807, 2.05) is 0 Å². The zero-order valence-electron chi connectivity index (χ0n) is 10.8. The number of carbonyl (C=O) groups is 1. The van der Waals surface area contributed by atoms with E-state index in [0.29, 0.717) is 5.75 Å². The summed E-state index contributed by atoms with van der Waals surface area (Å²) in [5.41, 5.74) is 6.26.